The van der Waals surface area contributed by atoms with Crippen LogP contribution in [0.15, 0.2) is 102 Å². The van der Waals surface area contributed by atoms with Gasteiger partial charge in [0.25, 0.3) is 0 Å². The van der Waals surface area contributed by atoms with Gasteiger partial charge < -0.3 is 9.47 Å². The molecule has 0 atom stereocenters. The smallest absolute Gasteiger partial charge is 0.357 e. The molecule has 0 aliphatic rings. The van der Waals surface area contributed by atoms with Crippen molar-refractivity contribution in [2.45, 2.75) is 20.8 Å². The Morgan fingerprint density at radius 2 is 1.21 bits per heavy atom. The lowest BCUT2D eigenvalue weighted by molar-refractivity contribution is -0.150. The van der Waals surface area contributed by atoms with Crippen molar-refractivity contribution in [3.63, 3.8) is 0 Å². The van der Waals surface area contributed by atoms with Crippen LogP contribution >= 0.6 is 0 Å². The molecular weight excluding hydrogens is 426 g/mol. The topological polar surface area (TPSA) is 65.0 Å². The van der Waals surface area contributed by atoms with E-state index < -0.39 is 17.4 Å². The molecule has 0 spiro atoms. The second-order valence-corrected chi connectivity index (χ2v) is 8.12. The van der Waals surface area contributed by atoms with Gasteiger partial charge in [-0.15, -0.1) is 0 Å². The second-order valence-electron chi connectivity index (χ2n) is 8.12. The monoisotopic (exact) mass is 455 g/mol. The van der Waals surface area contributed by atoms with Crippen LogP contribution in [-0.2, 0) is 19.1 Å². The van der Waals surface area contributed by atoms with Crippen LogP contribution in [-0.4, -0.2) is 31.4 Å². The maximum Gasteiger partial charge on any atom is 0.357 e. The lowest BCUT2D eigenvalue weighted by Gasteiger charge is -2.27. The Balaban J connectivity index is 2.41. The van der Waals surface area contributed by atoms with E-state index in [9.17, 15) is 9.59 Å². The fraction of sp³-hybridized carbons (Fsp3) is 0.207. The molecule has 0 saturated heterocycles. The van der Waals surface area contributed by atoms with Gasteiger partial charge in [0.15, 0.2) is 5.70 Å². The largest absolute Gasteiger partial charge is 0.465 e. The van der Waals surface area contributed by atoms with Crippen molar-refractivity contribution in [1.82, 2.24) is 0 Å². The summed E-state index contributed by atoms with van der Waals surface area (Å²) in [5.41, 5.74) is 2.24. The third-order valence-corrected chi connectivity index (χ3v) is 5.41. The zero-order valence-corrected chi connectivity index (χ0v) is 19.9. The van der Waals surface area contributed by atoms with Gasteiger partial charge >= 0.3 is 11.9 Å². The van der Waals surface area contributed by atoms with Crippen molar-refractivity contribution >= 4 is 23.2 Å². The molecule has 0 heterocycles. The van der Waals surface area contributed by atoms with Gasteiger partial charge in [-0.05, 0) is 26.3 Å². The summed E-state index contributed by atoms with van der Waals surface area (Å²) >= 11 is 0. The average molecular weight is 456 g/mol. The lowest BCUT2D eigenvalue weighted by Crippen LogP contribution is -2.30. The van der Waals surface area contributed by atoms with Crippen molar-refractivity contribution in [1.29, 1.82) is 0 Å². The molecule has 34 heavy (non-hydrogen) atoms. The molecule has 0 N–H and O–H groups in total. The Labute approximate surface area is 200 Å². The molecule has 0 bridgehead atoms. The van der Waals surface area contributed by atoms with Gasteiger partial charge in [0.2, 0.25) is 0 Å². The number of carbonyl (C=O) groups is 2. The molecule has 0 aliphatic carbocycles. The number of ether oxygens (including phenoxy) is 2. The summed E-state index contributed by atoms with van der Waals surface area (Å²) < 4.78 is 10.5. The number of methoxy groups -OCH3 is 1. The van der Waals surface area contributed by atoms with Gasteiger partial charge in [-0.2, -0.15) is 0 Å². The van der Waals surface area contributed by atoms with Crippen LogP contribution in [0.25, 0.3) is 5.57 Å². The van der Waals surface area contributed by atoms with Crippen LogP contribution < -0.4 is 0 Å². The molecule has 5 heteroatoms. The number of esters is 2. The molecule has 174 valence electrons. The first kappa shape index (κ1) is 24.6. The fourth-order valence-corrected chi connectivity index (χ4v) is 3.71. The van der Waals surface area contributed by atoms with Crippen LogP contribution in [0.4, 0.5) is 0 Å². The zero-order chi connectivity index (χ0) is 24.6. The standard InChI is InChI=1S/C29H29NO4/c1-5-34-28(32)29(2,3)24(21-15-9-6-10-16-21)26(27(31)33-4)30-25(22-17-11-7-12-18-22)23-19-13-8-14-20-23/h6-20H,5H2,1-4H3/b26-24-. The van der Waals surface area contributed by atoms with Crippen LogP contribution in [0, 0.1) is 5.41 Å². The minimum atomic E-state index is -1.18. The van der Waals surface area contributed by atoms with E-state index in [4.69, 9.17) is 14.5 Å². The number of hydrogen-bond donors (Lipinski definition) is 0. The quantitative estimate of drug-likeness (QED) is 0.248. The van der Waals surface area contributed by atoms with Gasteiger partial charge in [0.1, 0.15) is 0 Å². The van der Waals surface area contributed by atoms with Crippen LogP contribution in [0.1, 0.15) is 37.5 Å². The molecule has 0 radical (unpaired) electrons. The summed E-state index contributed by atoms with van der Waals surface area (Å²) in [5.74, 6) is -1.09. The van der Waals surface area contributed by atoms with E-state index in [2.05, 4.69) is 0 Å². The van der Waals surface area contributed by atoms with Crippen LogP contribution in [0.5, 0.6) is 0 Å². The van der Waals surface area contributed by atoms with Gasteiger partial charge in [0.05, 0.1) is 24.8 Å². The van der Waals surface area contributed by atoms with Crippen molar-refractivity contribution in [2.75, 3.05) is 13.7 Å². The number of aliphatic imine (C=N–C) groups is 1. The lowest BCUT2D eigenvalue weighted by atomic mass is 9.78. The summed E-state index contributed by atoms with van der Waals surface area (Å²) in [5, 5.41) is 0. The Bertz CT molecular complexity index is 1140. The third-order valence-electron chi connectivity index (χ3n) is 5.41. The summed E-state index contributed by atoms with van der Waals surface area (Å²) in [7, 11) is 1.31. The highest BCUT2D eigenvalue weighted by molar-refractivity contribution is 6.16. The number of rotatable bonds is 8. The highest BCUT2D eigenvalue weighted by atomic mass is 16.5. The van der Waals surface area contributed by atoms with E-state index >= 15 is 0 Å². The summed E-state index contributed by atoms with van der Waals surface area (Å²) in [6.07, 6.45) is 0. The molecule has 3 rings (SSSR count). The molecule has 3 aromatic rings. The van der Waals surface area contributed by atoms with E-state index in [0.29, 0.717) is 16.8 Å². The van der Waals surface area contributed by atoms with Gasteiger partial charge in [-0.25, -0.2) is 9.79 Å². The molecule has 0 fully saturated rings. The minimum absolute atomic E-state index is 0.0504. The minimum Gasteiger partial charge on any atom is -0.465 e. The Hall–Kier alpha value is -3.99. The first-order chi connectivity index (χ1) is 16.4. The fourth-order valence-electron chi connectivity index (χ4n) is 3.71. The maximum absolute atomic E-state index is 13.2. The molecular formula is C29H29NO4. The SMILES string of the molecule is CCOC(=O)C(C)(C)/C(=C(\N=C(c1ccccc1)c1ccccc1)C(=O)OC)c1ccccc1. The second kappa shape index (κ2) is 11.2. The summed E-state index contributed by atoms with van der Waals surface area (Å²) in [4.78, 5) is 31.2. The molecule has 0 saturated carbocycles. The van der Waals surface area contributed by atoms with Crippen LogP contribution in [0.3, 0.4) is 0 Å². The van der Waals surface area contributed by atoms with E-state index in [1.807, 2.05) is 91.0 Å². The van der Waals surface area contributed by atoms with Crippen molar-refractivity contribution < 1.29 is 19.1 Å². The number of hydrogen-bond acceptors (Lipinski definition) is 5. The molecule has 0 amide bonds. The highest BCUT2D eigenvalue weighted by Gasteiger charge is 2.39. The molecule has 0 aromatic heterocycles. The summed E-state index contributed by atoms with van der Waals surface area (Å²) in [6.45, 7) is 5.44. The number of benzene rings is 3. The predicted molar refractivity (Wildman–Crippen MR) is 134 cm³/mol. The Morgan fingerprint density at radius 3 is 1.62 bits per heavy atom. The first-order valence-corrected chi connectivity index (χ1v) is 11.1. The average Bonchev–Trinajstić information content (AvgIpc) is 2.87. The Kier molecular flexibility index (Phi) is 8.14. The number of nitrogens with zero attached hydrogens (tertiary/aromatic N) is 1. The first-order valence-electron chi connectivity index (χ1n) is 11.1. The normalized spacial score (nSPS) is 11.8. The van der Waals surface area contributed by atoms with Gasteiger partial charge in [-0.1, -0.05) is 91.0 Å². The van der Waals surface area contributed by atoms with E-state index in [1.54, 1.807) is 20.8 Å². The third kappa shape index (κ3) is 5.49. The van der Waals surface area contributed by atoms with Gasteiger partial charge in [-0.3, -0.25) is 4.79 Å². The van der Waals surface area contributed by atoms with Crippen molar-refractivity contribution in [2.24, 2.45) is 10.4 Å². The maximum atomic E-state index is 13.2. The van der Waals surface area contributed by atoms with Crippen molar-refractivity contribution in [3.05, 3.63) is 113 Å². The van der Waals surface area contributed by atoms with E-state index in [1.165, 1.54) is 7.11 Å². The zero-order valence-electron chi connectivity index (χ0n) is 19.9. The van der Waals surface area contributed by atoms with E-state index in [0.717, 1.165) is 11.1 Å². The van der Waals surface area contributed by atoms with Crippen LogP contribution in [0.2, 0.25) is 0 Å². The predicted octanol–water partition coefficient (Wildman–Crippen LogP) is 5.70. The Morgan fingerprint density at radius 1 is 0.765 bits per heavy atom. The molecule has 0 aliphatic heterocycles. The highest BCUT2D eigenvalue weighted by Crippen LogP contribution is 2.39. The molecule has 0 unspecified atom stereocenters. The molecule has 3 aromatic carbocycles. The van der Waals surface area contributed by atoms with Gasteiger partial charge in [0, 0.05) is 16.7 Å². The van der Waals surface area contributed by atoms with E-state index in [-0.39, 0.29) is 12.3 Å². The van der Waals surface area contributed by atoms with Crippen molar-refractivity contribution in [3.8, 4) is 0 Å². The number of carbonyl (C=O) groups excluding carboxylic acids is 2. The molecule has 5 nitrogen and oxygen atoms in total. The summed E-state index contributed by atoms with van der Waals surface area (Å²) in [6, 6.07) is 28.5.